The van der Waals surface area contributed by atoms with Gasteiger partial charge < -0.3 is 4.74 Å². The first-order valence-electron chi connectivity index (χ1n) is 5.33. The number of nitrogens with zero attached hydrogens (tertiary/aromatic N) is 1. The van der Waals surface area contributed by atoms with Gasteiger partial charge in [0.1, 0.15) is 0 Å². The van der Waals surface area contributed by atoms with Gasteiger partial charge in [-0.1, -0.05) is 23.7 Å². The minimum absolute atomic E-state index is 0.345. The molecule has 0 radical (unpaired) electrons. The minimum Gasteiger partial charge on any atom is -0.481 e. The number of pyridine rings is 1. The lowest BCUT2D eigenvalue weighted by atomic mass is 10.4. The first-order valence-corrected chi connectivity index (χ1v) is 7.02. The van der Waals surface area contributed by atoms with E-state index in [0.717, 1.165) is 5.69 Å². The van der Waals surface area contributed by atoms with Gasteiger partial charge in [-0.2, -0.15) is 0 Å². The first-order chi connectivity index (χ1) is 8.69. The van der Waals surface area contributed by atoms with Gasteiger partial charge in [0.15, 0.2) is 0 Å². The molecule has 0 saturated carbocycles. The monoisotopic (exact) mass is 281 g/mol. The van der Waals surface area contributed by atoms with Gasteiger partial charge in [0.2, 0.25) is 5.88 Å². The van der Waals surface area contributed by atoms with E-state index in [1.165, 1.54) is 0 Å². The number of benzene rings is 1. The third kappa shape index (κ3) is 3.31. The topological polar surface area (TPSA) is 39.2 Å². The van der Waals surface area contributed by atoms with Crippen molar-refractivity contribution < 1.29 is 8.95 Å². The molecule has 18 heavy (non-hydrogen) atoms. The summed E-state index contributed by atoms with van der Waals surface area (Å²) in [6.07, 6.45) is 0. The lowest BCUT2D eigenvalue weighted by Gasteiger charge is -2.04. The Hall–Kier alpha value is -1.39. The molecule has 0 amide bonds. The van der Waals surface area contributed by atoms with Gasteiger partial charge >= 0.3 is 0 Å². The SMILES string of the molecule is COc1cccc(C[S@@](=O)c2cccc(Cl)c2)n1. The number of halogens is 1. The fourth-order valence-corrected chi connectivity index (χ4v) is 2.82. The first kappa shape index (κ1) is 13.1. The highest BCUT2D eigenvalue weighted by Crippen LogP contribution is 2.17. The zero-order chi connectivity index (χ0) is 13.0. The number of ether oxygens (including phenoxy) is 1. The maximum absolute atomic E-state index is 12.1. The lowest BCUT2D eigenvalue weighted by Crippen LogP contribution is -1.99. The molecule has 2 rings (SSSR count). The minimum atomic E-state index is -1.16. The van der Waals surface area contributed by atoms with Gasteiger partial charge in [0.25, 0.3) is 0 Å². The third-order valence-corrected chi connectivity index (χ3v) is 3.90. The van der Waals surface area contributed by atoms with Gasteiger partial charge in [-0.25, -0.2) is 4.98 Å². The predicted molar refractivity (Wildman–Crippen MR) is 72.4 cm³/mol. The van der Waals surface area contributed by atoms with Crippen LogP contribution in [0.15, 0.2) is 47.4 Å². The number of hydrogen-bond donors (Lipinski definition) is 0. The quantitative estimate of drug-likeness (QED) is 0.865. The smallest absolute Gasteiger partial charge is 0.213 e. The fourth-order valence-electron chi connectivity index (χ4n) is 1.48. The Kier molecular flexibility index (Phi) is 4.33. The lowest BCUT2D eigenvalue weighted by molar-refractivity contribution is 0.397. The molecule has 1 heterocycles. The van der Waals surface area contributed by atoms with E-state index in [2.05, 4.69) is 4.98 Å². The molecule has 0 saturated heterocycles. The second-order valence-electron chi connectivity index (χ2n) is 3.62. The van der Waals surface area contributed by atoms with E-state index in [0.29, 0.717) is 21.6 Å². The van der Waals surface area contributed by atoms with Crippen LogP contribution < -0.4 is 4.74 Å². The van der Waals surface area contributed by atoms with E-state index in [-0.39, 0.29) is 0 Å². The van der Waals surface area contributed by atoms with E-state index in [4.69, 9.17) is 16.3 Å². The summed E-state index contributed by atoms with van der Waals surface area (Å²) in [7, 11) is 0.398. The van der Waals surface area contributed by atoms with Crippen molar-refractivity contribution in [2.45, 2.75) is 10.6 Å². The maximum atomic E-state index is 12.1. The molecule has 0 aliphatic heterocycles. The Morgan fingerprint density at radius 3 is 2.78 bits per heavy atom. The Morgan fingerprint density at radius 1 is 1.28 bits per heavy atom. The molecule has 0 aliphatic rings. The second kappa shape index (κ2) is 5.98. The molecule has 0 unspecified atom stereocenters. The van der Waals surface area contributed by atoms with Crippen molar-refractivity contribution in [2.24, 2.45) is 0 Å². The number of hydrogen-bond acceptors (Lipinski definition) is 3. The molecule has 5 heteroatoms. The summed E-state index contributed by atoms with van der Waals surface area (Å²) in [6, 6.07) is 12.5. The van der Waals surface area contributed by atoms with Gasteiger partial charge in [-0.3, -0.25) is 4.21 Å². The normalized spacial score (nSPS) is 12.1. The molecule has 3 nitrogen and oxygen atoms in total. The average molecular weight is 282 g/mol. The van der Waals surface area contributed by atoms with Crippen molar-refractivity contribution in [2.75, 3.05) is 7.11 Å². The van der Waals surface area contributed by atoms with Crippen LogP contribution in [0.25, 0.3) is 0 Å². The molecule has 2 aromatic rings. The molecule has 0 aliphatic carbocycles. The van der Waals surface area contributed by atoms with Crippen LogP contribution in [0.1, 0.15) is 5.69 Å². The van der Waals surface area contributed by atoms with E-state index < -0.39 is 10.8 Å². The molecule has 1 aromatic carbocycles. The van der Waals surface area contributed by atoms with Crippen molar-refractivity contribution in [3.8, 4) is 5.88 Å². The number of rotatable bonds is 4. The average Bonchev–Trinajstić information content (AvgIpc) is 2.39. The molecule has 1 atom stereocenters. The van der Waals surface area contributed by atoms with Gasteiger partial charge in [-0.05, 0) is 24.3 Å². The van der Waals surface area contributed by atoms with Crippen LogP contribution in [0.2, 0.25) is 5.02 Å². The molecule has 1 aromatic heterocycles. The van der Waals surface area contributed by atoms with Crippen LogP contribution in [0.3, 0.4) is 0 Å². The summed E-state index contributed by atoms with van der Waals surface area (Å²) < 4.78 is 17.2. The van der Waals surface area contributed by atoms with Crippen molar-refractivity contribution in [3.05, 3.63) is 53.2 Å². The highest BCUT2D eigenvalue weighted by Gasteiger charge is 2.07. The molecular formula is C13H12ClNO2S. The maximum Gasteiger partial charge on any atom is 0.213 e. The Morgan fingerprint density at radius 2 is 2.06 bits per heavy atom. The summed E-state index contributed by atoms with van der Waals surface area (Å²) in [5, 5.41) is 0.583. The Bertz CT molecular complexity index is 574. The number of aromatic nitrogens is 1. The van der Waals surface area contributed by atoms with Crippen LogP contribution >= 0.6 is 11.6 Å². The largest absolute Gasteiger partial charge is 0.481 e. The Balaban J connectivity index is 2.16. The predicted octanol–water partition coefficient (Wildman–Crippen LogP) is 3.05. The van der Waals surface area contributed by atoms with Crippen molar-refractivity contribution in [3.63, 3.8) is 0 Å². The van der Waals surface area contributed by atoms with E-state index >= 15 is 0 Å². The molecule has 0 spiro atoms. The Labute approximate surface area is 113 Å². The molecule has 0 fully saturated rings. The van der Waals surface area contributed by atoms with Crippen LogP contribution in [-0.2, 0) is 16.6 Å². The van der Waals surface area contributed by atoms with Crippen LogP contribution in [-0.4, -0.2) is 16.3 Å². The molecule has 0 bridgehead atoms. The summed E-state index contributed by atoms with van der Waals surface area (Å²) in [5.41, 5.74) is 0.729. The van der Waals surface area contributed by atoms with Crippen LogP contribution in [0.5, 0.6) is 5.88 Å². The van der Waals surface area contributed by atoms with Gasteiger partial charge in [-0.15, -0.1) is 0 Å². The molecule has 0 N–H and O–H groups in total. The fraction of sp³-hybridized carbons (Fsp3) is 0.154. The standard InChI is InChI=1S/C13H12ClNO2S/c1-17-13-7-3-5-11(15-13)9-18(16)12-6-2-4-10(14)8-12/h2-8H,9H2,1H3/t18-/m1/s1. The van der Waals surface area contributed by atoms with Gasteiger partial charge in [0.05, 0.1) is 29.4 Å². The van der Waals surface area contributed by atoms with E-state index in [1.54, 1.807) is 37.4 Å². The summed E-state index contributed by atoms with van der Waals surface area (Å²) >= 11 is 5.87. The number of methoxy groups -OCH3 is 1. The van der Waals surface area contributed by atoms with Gasteiger partial charge in [0, 0.05) is 16.0 Å². The van der Waals surface area contributed by atoms with Crippen LogP contribution in [0.4, 0.5) is 0 Å². The zero-order valence-electron chi connectivity index (χ0n) is 9.80. The van der Waals surface area contributed by atoms with Crippen LogP contribution in [0, 0.1) is 0 Å². The summed E-state index contributed by atoms with van der Waals surface area (Å²) in [6.45, 7) is 0. The molecular weight excluding hydrogens is 270 g/mol. The highest BCUT2D eigenvalue weighted by molar-refractivity contribution is 7.84. The summed E-state index contributed by atoms with van der Waals surface area (Å²) in [4.78, 5) is 4.93. The van der Waals surface area contributed by atoms with Crippen molar-refractivity contribution in [1.29, 1.82) is 0 Å². The highest BCUT2D eigenvalue weighted by atomic mass is 35.5. The van der Waals surface area contributed by atoms with Crippen molar-refractivity contribution in [1.82, 2.24) is 4.98 Å². The zero-order valence-corrected chi connectivity index (χ0v) is 11.4. The third-order valence-electron chi connectivity index (χ3n) is 2.33. The molecule has 94 valence electrons. The van der Waals surface area contributed by atoms with E-state index in [1.807, 2.05) is 12.1 Å². The van der Waals surface area contributed by atoms with E-state index in [9.17, 15) is 4.21 Å². The van der Waals surface area contributed by atoms with Crippen molar-refractivity contribution >= 4 is 22.4 Å². The summed E-state index contributed by atoms with van der Waals surface area (Å²) in [5.74, 6) is 0.868. The second-order valence-corrected chi connectivity index (χ2v) is 5.51.